The minimum Gasteiger partial charge on any atom is -0.343 e. The zero-order chi connectivity index (χ0) is 16.1. The number of nitrogens with one attached hydrogen (secondary N) is 2. The second-order valence-corrected chi connectivity index (χ2v) is 4.90. The van der Waals surface area contributed by atoms with Crippen molar-refractivity contribution in [1.82, 2.24) is 9.97 Å². The third-order valence-corrected chi connectivity index (χ3v) is 3.14. The zero-order valence-corrected chi connectivity index (χ0v) is 13.1. The topological polar surface area (TPSA) is 79.3 Å². The summed E-state index contributed by atoms with van der Waals surface area (Å²) in [7, 11) is 1.73. The molecule has 0 bridgehead atoms. The monoisotopic (exact) mass is 301 g/mol. The molecule has 0 saturated carbocycles. The molecule has 0 aliphatic heterocycles. The van der Waals surface area contributed by atoms with Crippen LogP contribution in [0.2, 0.25) is 0 Å². The molecule has 22 heavy (non-hydrogen) atoms. The summed E-state index contributed by atoms with van der Waals surface area (Å²) in [5, 5.41) is 5.90. The van der Waals surface area contributed by atoms with Gasteiger partial charge in [0.05, 0.1) is 17.2 Å². The molecule has 0 saturated heterocycles. The summed E-state index contributed by atoms with van der Waals surface area (Å²) >= 11 is 0. The average Bonchev–Trinajstić information content (AvgIpc) is 2.49. The van der Waals surface area contributed by atoms with Gasteiger partial charge in [-0.2, -0.15) is 0 Å². The van der Waals surface area contributed by atoms with Crippen LogP contribution in [0.4, 0.5) is 11.5 Å². The Kier molecular flexibility index (Phi) is 4.83. The normalized spacial score (nSPS) is 11.2. The van der Waals surface area contributed by atoms with Gasteiger partial charge >= 0.3 is 0 Å². The van der Waals surface area contributed by atoms with Crippen LogP contribution in [0.1, 0.15) is 22.4 Å². The Morgan fingerprint density at radius 2 is 1.95 bits per heavy atom. The third kappa shape index (κ3) is 3.88. The van der Waals surface area contributed by atoms with E-state index < -0.39 is 0 Å². The molecular weight excluding hydrogens is 278 g/mol. The standard InChI is InChI=1S/C16H19N5O.2H2/c1-10-15(20-11(2)17-4)7-14(9-19-10)13-5-6-18-16(8-13)21-12(3)22;;/h5-9H,1-4H3,(H,17,20)(H,18,21,22);2*1H. The largest absolute Gasteiger partial charge is 0.343 e. The SMILES string of the molecule is CN=C(C)Nc1cc(-c2ccnc(NC(C)=O)c2)cnc1C.[HH].[HH]. The number of aromatic nitrogens is 2. The molecule has 0 unspecified atom stereocenters. The Balaban J connectivity index is 0.00000264. The van der Waals surface area contributed by atoms with Crippen molar-refractivity contribution in [1.29, 1.82) is 0 Å². The lowest BCUT2D eigenvalue weighted by molar-refractivity contribution is -0.114. The molecule has 0 aromatic carbocycles. The highest BCUT2D eigenvalue weighted by Gasteiger charge is 2.06. The van der Waals surface area contributed by atoms with Gasteiger partial charge in [0.2, 0.25) is 5.91 Å². The quantitative estimate of drug-likeness (QED) is 0.673. The fourth-order valence-electron chi connectivity index (χ4n) is 1.93. The summed E-state index contributed by atoms with van der Waals surface area (Å²) in [4.78, 5) is 23.7. The number of rotatable bonds is 3. The summed E-state index contributed by atoms with van der Waals surface area (Å²) in [5.74, 6) is 1.19. The number of aryl methyl sites for hydroxylation is 1. The predicted octanol–water partition coefficient (Wildman–Crippen LogP) is 3.36. The molecule has 0 aliphatic carbocycles. The van der Waals surface area contributed by atoms with Crippen molar-refractivity contribution in [3.8, 4) is 11.1 Å². The first-order chi connectivity index (χ1) is 10.5. The number of amidine groups is 1. The van der Waals surface area contributed by atoms with E-state index in [4.69, 9.17) is 0 Å². The van der Waals surface area contributed by atoms with E-state index in [1.165, 1.54) is 6.92 Å². The van der Waals surface area contributed by atoms with E-state index in [1.54, 1.807) is 19.4 Å². The van der Waals surface area contributed by atoms with Crippen molar-refractivity contribution in [2.45, 2.75) is 20.8 Å². The van der Waals surface area contributed by atoms with Crippen molar-refractivity contribution in [2.75, 3.05) is 17.7 Å². The molecule has 0 aliphatic rings. The molecule has 0 fully saturated rings. The van der Waals surface area contributed by atoms with E-state index in [0.29, 0.717) is 5.82 Å². The zero-order valence-electron chi connectivity index (χ0n) is 13.1. The molecule has 2 aromatic heterocycles. The van der Waals surface area contributed by atoms with Gasteiger partial charge in [-0.25, -0.2) is 4.98 Å². The van der Waals surface area contributed by atoms with E-state index in [9.17, 15) is 4.79 Å². The number of hydrogen-bond donors (Lipinski definition) is 2. The van der Waals surface area contributed by atoms with Gasteiger partial charge in [0.25, 0.3) is 0 Å². The number of amides is 1. The summed E-state index contributed by atoms with van der Waals surface area (Å²) < 4.78 is 0. The third-order valence-electron chi connectivity index (χ3n) is 3.14. The predicted molar refractivity (Wildman–Crippen MR) is 93.4 cm³/mol. The Hall–Kier alpha value is -2.76. The van der Waals surface area contributed by atoms with Gasteiger partial charge in [0, 0.05) is 34.8 Å². The maximum atomic E-state index is 11.1. The van der Waals surface area contributed by atoms with Crippen molar-refractivity contribution < 1.29 is 7.65 Å². The van der Waals surface area contributed by atoms with E-state index in [0.717, 1.165) is 28.3 Å². The Morgan fingerprint density at radius 1 is 1.18 bits per heavy atom. The first-order valence-electron chi connectivity index (χ1n) is 6.90. The van der Waals surface area contributed by atoms with Gasteiger partial charge in [-0.05, 0) is 37.6 Å². The highest BCUT2D eigenvalue weighted by Crippen LogP contribution is 2.25. The highest BCUT2D eigenvalue weighted by atomic mass is 16.1. The van der Waals surface area contributed by atoms with Crippen LogP contribution < -0.4 is 10.6 Å². The number of pyridine rings is 2. The molecule has 1 amide bonds. The lowest BCUT2D eigenvalue weighted by atomic mass is 10.1. The van der Waals surface area contributed by atoms with Crippen LogP contribution in [0, 0.1) is 6.92 Å². The lowest BCUT2D eigenvalue weighted by Gasteiger charge is -2.11. The maximum Gasteiger partial charge on any atom is 0.222 e. The van der Waals surface area contributed by atoms with E-state index in [1.807, 2.05) is 32.0 Å². The van der Waals surface area contributed by atoms with Gasteiger partial charge in [-0.1, -0.05) is 0 Å². The molecule has 2 aromatic rings. The van der Waals surface area contributed by atoms with Gasteiger partial charge in [-0.3, -0.25) is 14.8 Å². The molecule has 0 spiro atoms. The fourth-order valence-corrected chi connectivity index (χ4v) is 1.93. The molecule has 2 rings (SSSR count). The van der Waals surface area contributed by atoms with Crippen LogP contribution in [-0.4, -0.2) is 28.8 Å². The summed E-state index contributed by atoms with van der Waals surface area (Å²) in [6.07, 6.45) is 3.46. The Bertz CT molecular complexity index is 734. The molecule has 2 N–H and O–H groups in total. The molecule has 2 heterocycles. The fraction of sp³-hybridized carbons (Fsp3) is 0.250. The van der Waals surface area contributed by atoms with Gasteiger partial charge in [0.15, 0.2) is 0 Å². The summed E-state index contributed by atoms with van der Waals surface area (Å²) in [6, 6.07) is 5.70. The Morgan fingerprint density at radius 3 is 2.64 bits per heavy atom. The van der Waals surface area contributed by atoms with Crippen LogP contribution in [0.25, 0.3) is 11.1 Å². The summed E-state index contributed by atoms with van der Waals surface area (Å²) in [6.45, 7) is 5.29. The van der Waals surface area contributed by atoms with E-state index in [-0.39, 0.29) is 8.76 Å². The van der Waals surface area contributed by atoms with Crippen LogP contribution in [0.15, 0.2) is 35.6 Å². The highest BCUT2D eigenvalue weighted by molar-refractivity contribution is 5.94. The number of carbonyl (C=O) groups excluding carboxylic acids is 1. The minimum absolute atomic E-state index is 0. The lowest BCUT2D eigenvalue weighted by Crippen LogP contribution is -2.09. The number of hydrogen-bond acceptors (Lipinski definition) is 4. The van der Waals surface area contributed by atoms with Gasteiger partial charge in [-0.15, -0.1) is 0 Å². The number of anilines is 2. The molecule has 0 radical (unpaired) electrons. The van der Waals surface area contributed by atoms with E-state index in [2.05, 4.69) is 25.6 Å². The van der Waals surface area contributed by atoms with Crippen molar-refractivity contribution in [2.24, 2.45) is 4.99 Å². The first kappa shape index (κ1) is 15.6. The molecule has 118 valence electrons. The second-order valence-electron chi connectivity index (χ2n) is 4.90. The van der Waals surface area contributed by atoms with Crippen LogP contribution in [-0.2, 0) is 4.79 Å². The van der Waals surface area contributed by atoms with Crippen molar-refractivity contribution >= 4 is 23.2 Å². The van der Waals surface area contributed by atoms with E-state index >= 15 is 0 Å². The number of nitrogens with zero attached hydrogens (tertiary/aromatic N) is 3. The minimum atomic E-state index is -0.149. The number of aliphatic imine (C=N–C) groups is 1. The molecule has 0 atom stereocenters. The molecule has 6 nitrogen and oxygen atoms in total. The average molecular weight is 301 g/mol. The maximum absolute atomic E-state index is 11.1. The van der Waals surface area contributed by atoms with Crippen molar-refractivity contribution in [3.63, 3.8) is 0 Å². The second kappa shape index (κ2) is 6.80. The smallest absolute Gasteiger partial charge is 0.222 e. The Labute approximate surface area is 132 Å². The van der Waals surface area contributed by atoms with Gasteiger partial charge in [0.1, 0.15) is 5.82 Å². The van der Waals surface area contributed by atoms with Crippen molar-refractivity contribution in [3.05, 3.63) is 36.3 Å². The molecule has 6 heteroatoms. The van der Waals surface area contributed by atoms with Gasteiger partial charge < -0.3 is 10.6 Å². The summed E-state index contributed by atoms with van der Waals surface area (Å²) in [5.41, 5.74) is 3.66. The van der Waals surface area contributed by atoms with Crippen LogP contribution >= 0.6 is 0 Å². The van der Waals surface area contributed by atoms with Crippen LogP contribution in [0.3, 0.4) is 0 Å². The molecular formula is C16H23N5O. The number of carbonyl (C=O) groups is 1. The first-order valence-corrected chi connectivity index (χ1v) is 6.90. The van der Waals surface area contributed by atoms with Crippen LogP contribution in [0.5, 0.6) is 0 Å².